The number of ether oxygens (including phenoxy) is 1. The van der Waals surface area contributed by atoms with E-state index in [0.29, 0.717) is 6.61 Å². The molecule has 2 rings (SSSR count). The zero-order valence-corrected chi connectivity index (χ0v) is 8.17. The van der Waals surface area contributed by atoms with Crippen LogP contribution in [-0.4, -0.2) is 49.5 Å². The Hall–Kier alpha value is -0.120. The van der Waals surface area contributed by atoms with Crippen molar-refractivity contribution in [2.24, 2.45) is 5.41 Å². The summed E-state index contributed by atoms with van der Waals surface area (Å²) in [6.45, 7) is 5.26. The molecule has 0 radical (unpaired) electrons. The molecule has 1 saturated carbocycles. The first-order chi connectivity index (χ1) is 6.35. The molecule has 3 nitrogen and oxygen atoms in total. The van der Waals surface area contributed by atoms with Crippen LogP contribution in [0.3, 0.4) is 0 Å². The van der Waals surface area contributed by atoms with Crippen LogP contribution in [0.25, 0.3) is 0 Å². The van der Waals surface area contributed by atoms with Crippen molar-refractivity contribution in [1.29, 1.82) is 0 Å². The zero-order chi connectivity index (χ0) is 9.15. The van der Waals surface area contributed by atoms with Crippen molar-refractivity contribution in [1.82, 2.24) is 4.90 Å². The Morgan fingerprint density at radius 2 is 2.00 bits per heavy atom. The average molecular weight is 185 g/mol. The van der Waals surface area contributed by atoms with Gasteiger partial charge in [-0.25, -0.2) is 0 Å². The lowest BCUT2D eigenvalue weighted by atomic mass is 9.97. The standard InChI is InChI=1S/C10H19NO2/c12-5-7-13-6-1-4-11-8-10(9-11)2-3-10/h12H,1-9H2. The fraction of sp³-hybridized carbons (Fsp3) is 1.00. The normalized spacial score (nSPS) is 24.7. The minimum Gasteiger partial charge on any atom is -0.394 e. The highest BCUT2D eigenvalue weighted by Crippen LogP contribution is 2.52. The van der Waals surface area contributed by atoms with Crippen LogP contribution < -0.4 is 0 Å². The Labute approximate surface area is 79.7 Å². The molecule has 0 amide bonds. The number of aliphatic hydroxyl groups is 1. The van der Waals surface area contributed by atoms with Gasteiger partial charge in [-0.15, -0.1) is 0 Å². The fourth-order valence-corrected chi connectivity index (χ4v) is 2.11. The first kappa shape index (κ1) is 9.44. The molecule has 1 aliphatic heterocycles. The van der Waals surface area contributed by atoms with E-state index in [1.54, 1.807) is 0 Å². The summed E-state index contributed by atoms with van der Waals surface area (Å²) in [5.74, 6) is 0. The molecule has 1 spiro atoms. The Kier molecular flexibility index (Phi) is 2.86. The molecule has 2 fully saturated rings. The summed E-state index contributed by atoms with van der Waals surface area (Å²) < 4.78 is 5.19. The van der Waals surface area contributed by atoms with E-state index in [1.165, 1.54) is 32.5 Å². The molecular formula is C10H19NO2. The van der Waals surface area contributed by atoms with E-state index in [9.17, 15) is 0 Å². The van der Waals surface area contributed by atoms with Gasteiger partial charge in [0, 0.05) is 26.2 Å². The maximum atomic E-state index is 8.47. The summed E-state index contributed by atoms with van der Waals surface area (Å²) in [7, 11) is 0. The molecule has 2 aliphatic rings. The number of aliphatic hydroxyl groups excluding tert-OH is 1. The molecule has 0 unspecified atom stereocenters. The molecule has 1 N–H and O–H groups in total. The number of hydrogen-bond donors (Lipinski definition) is 1. The molecule has 0 aromatic heterocycles. The van der Waals surface area contributed by atoms with Crippen LogP contribution in [0, 0.1) is 5.41 Å². The Morgan fingerprint density at radius 3 is 2.62 bits per heavy atom. The van der Waals surface area contributed by atoms with Gasteiger partial charge in [0.05, 0.1) is 13.2 Å². The van der Waals surface area contributed by atoms with Crippen LogP contribution in [-0.2, 0) is 4.74 Å². The Balaban J connectivity index is 1.41. The molecule has 3 heteroatoms. The summed E-state index contributed by atoms with van der Waals surface area (Å²) in [4.78, 5) is 2.51. The summed E-state index contributed by atoms with van der Waals surface area (Å²) >= 11 is 0. The van der Waals surface area contributed by atoms with Gasteiger partial charge in [0.1, 0.15) is 0 Å². The largest absolute Gasteiger partial charge is 0.394 e. The number of hydrogen-bond acceptors (Lipinski definition) is 3. The third kappa shape index (κ3) is 2.42. The monoisotopic (exact) mass is 185 g/mol. The molecule has 1 aliphatic carbocycles. The minimum atomic E-state index is 0.146. The summed E-state index contributed by atoms with van der Waals surface area (Å²) in [6, 6.07) is 0. The lowest BCUT2D eigenvalue weighted by Gasteiger charge is -2.40. The van der Waals surface area contributed by atoms with Crippen molar-refractivity contribution >= 4 is 0 Å². The van der Waals surface area contributed by atoms with Gasteiger partial charge in [0.2, 0.25) is 0 Å². The second-order valence-electron chi connectivity index (χ2n) is 4.40. The molecule has 0 aromatic rings. The quantitative estimate of drug-likeness (QED) is 0.611. The first-order valence-electron chi connectivity index (χ1n) is 5.26. The van der Waals surface area contributed by atoms with Crippen LogP contribution in [0.2, 0.25) is 0 Å². The van der Waals surface area contributed by atoms with E-state index >= 15 is 0 Å². The van der Waals surface area contributed by atoms with Crippen molar-refractivity contribution in [2.45, 2.75) is 19.3 Å². The fourth-order valence-electron chi connectivity index (χ4n) is 2.11. The number of nitrogens with zero attached hydrogens (tertiary/aromatic N) is 1. The van der Waals surface area contributed by atoms with E-state index in [1.807, 2.05) is 0 Å². The maximum Gasteiger partial charge on any atom is 0.0697 e. The van der Waals surface area contributed by atoms with Crippen LogP contribution >= 0.6 is 0 Å². The molecule has 0 bridgehead atoms. The van der Waals surface area contributed by atoms with Crippen molar-refractivity contribution in [3.05, 3.63) is 0 Å². The second-order valence-corrected chi connectivity index (χ2v) is 4.40. The Morgan fingerprint density at radius 1 is 1.23 bits per heavy atom. The smallest absolute Gasteiger partial charge is 0.0697 e. The van der Waals surface area contributed by atoms with Crippen LogP contribution in [0.1, 0.15) is 19.3 Å². The van der Waals surface area contributed by atoms with Gasteiger partial charge >= 0.3 is 0 Å². The summed E-state index contributed by atoms with van der Waals surface area (Å²) in [5, 5.41) is 8.47. The molecule has 76 valence electrons. The predicted octanol–water partition coefficient (Wildman–Crippen LogP) is 0.481. The van der Waals surface area contributed by atoms with Crippen molar-refractivity contribution in [3.63, 3.8) is 0 Å². The topological polar surface area (TPSA) is 32.7 Å². The van der Waals surface area contributed by atoms with E-state index in [4.69, 9.17) is 9.84 Å². The Bertz CT molecular complexity index is 160. The molecule has 1 heterocycles. The number of likely N-dealkylation sites (tertiary alicyclic amines) is 1. The van der Waals surface area contributed by atoms with Crippen LogP contribution in [0.4, 0.5) is 0 Å². The number of rotatable bonds is 6. The summed E-state index contributed by atoms with van der Waals surface area (Å²) in [6.07, 6.45) is 4.03. The minimum absolute atomic E-state index is 0.146. The lowest BCUT2D eigenvalue weighted by Crippen LogP contribution is -2.48. The molecule has 13 heavy (non-hydrogen) atoms. The lowest BCUT2D eigenvalue weighted by molar-refractivity contribution is 0.0528. The van der Waals surface area contributed by atoms with Gasteiger partial charge in [-0.2, -0.15) is 0 Å². The van der Waals surface area contributed by atoms with E-state index in [0.717, 1.165) is 18.4 Å². The SMILES string of the molecule is OCCOCCCN1CC2(CC2)C1. The van der Waals surface area contributed by atoms with Gasteiger partial charge < -0.3 is 14.7 Å². The summed E-state index contributed by atoms with van der Waals surface area (Å²) in [5.41, 5.74) is 0.784. The van der Waals surface area contributed by atoms with Gasteiger partial charge in [0.15, 0.2) is 0 Å². The van der Waals surface area contributed by atoms with Crippen LogP contribution in [0.5, 0.6) is 0 Å². The van der Waals surface area contributed by atoms with Gasteiger partial charge in [-0.1, -0.05) is 0 Å². The van der Waals surface area contributed by atoms with Gasteiger partial charge in [0.25, 0.3) is 0 Å². The third-order valence-electron chi connectivity index (χ3n) is 3.07. The van der Waals surface area contributed by atoms with Crippen molar-refractivity contribution in [2.75, 3.05) is 39.5 Å². The highest BCUT2D eigenvalue weighted by atomic mass is 16.5. The van der Waals surface area contributed by atoms with Crippen molar-refractivity contribution in [3.8, 4) is 0 Å². The van der Waals surface area contributed by atoms with E-state index in [2.05, 4.69) is 4.90 Å². The zero-order valence-electron chi connectivity index (χ0n) is 8.17. The highest BCUT2D eigenvalue weighted by molar-refractivity contribution is 5.04. The first-order valence-corrected chi connectivity index (χ1v) is 5.26. The maximum absolute atomic E-state index is 8.47. The van der Waals surface area contributed by atoms with Gasteiger partial charge in [-0.05, 0) is 24.7 Å². The van der Waals surface area contributed by atoms with Crippen LogP contribution in [0.15, 0.2) is 0 Å². The molecular weight excluding hydrogens is 166 g/mol. The van der Waals surface area contributed by atoms with Crippen molar-refractivity contribution < 1.29 is 9.84 Å². The molecule has 0 atom stereocenters. The molecule has 1 saturated heterocycles. The third-order valence-corrected chi connectivity index (χ3v) is 3.07. The highest BCUT2D eigenvalue weighted by Gasteiger charge is 2.51. The second kappa shape index (κ2) is 3.95. The predicted molar refractivity (Wildman–Crippen MR) is 50.6 cm³/mol. The van der Waals surface area contributed by atoms with Gasteiger partial charge in [-0.3, -0.25) is 0 Å². The van der Waals surface area contributed by atoms with E-state index < -0.39 is 0 Å². The van der Waals surface area contributed by atoms with E-state index in [-0.39, 0.29) is 6.61 Å². The molecule has 0 aromatic carbocycles. The average Bonchev–Trinajstić information content (AvgIpc) is 2.82.